The number of aromatic nitrogens is 2. The quantitative estimate of drug-likeness (QED) is 0.815. The van der Waals surface area contributed by atoms with Crippen molar-refractivity contribution in [3.63, 3.8) is 0 Å². The van der Waals surface area contributed by atoms with Crippen LogP contribution in [0.1, 0.15) is 11.5 Å². The SMILES string of the molecule is Cc1cc(N)nc(CSc2cccc(O)c2)n1. The van der Waals surface area contributed by atoms with E-state index in [1.807, 2.05) is 19.1 Å². The molecule has 1 aromatic carbocycles. The van der Waals surface area contributed by atoms with Gasteiger partial charge < -0.3 is 10.8 Å². The Labute approximate surface area is 104 Å². The van der Waals surface area contributed by atoms with Gasteiger partial charge in [-0.3, -0.25) is 0 Å². The molecule has 0 atom stereocenters. The molecule has 5 heteroatoms. The van der Waals surface area contributed by atoms with Crippen LogP contribution in [0, 0.1) is 6.92 Å². The van der Waals surface area contributed by atoms with Gasteiger partial charge in [0.25, 0.3) is 0 Å². The molecule has 0 unspecified atom stereocenters. The highest BCUT2D eigenvalue weighted by Gasteiger charge is 2.02. The van der Waals surface area contributed by atoms with Crippen LogP contribution in [0.25, 0.3) is 0 Å². The van der Waals surface area contributed by atoms with Gasteiger partial charge in [0.05, 0.1) is 5.75 Å². The van der Waals surface area contributed by atoms with Crippen molar-refractivity contribution in [1.29, 1.82) is 0 Å². The van der Waals surface area contributed by atoms with E-state index in [0.29, 0.717) is 17.4 Å². The molecular weight excluding hydrogens is 234 g/mol. The molecule has 0 bridgehead atoms. The number of phenols is 1. The summed E-state index contributed by atoms with van der Waals surface area (Å²) in [6.07, 6.45) is 0. The fourth-order valence-corrected chi connectivity index (χ4v) is 2.25. The average Bonchev–Trinajstić information content (AvgIpc) is 2.25. The number of nitrogens with zero attached hydrogens (tertiary/aromatic N) is 2. The Morgan fingerprint density at radius 3 is 2.82 bits per heavy atom. The van der Waals surface area contributed by atoms with E-state index in [2.05, 4.69) is 9.97 Å². The van der Waals surface area contributed by atoms with E-state index in [1.54, 1.807) is 30.0 Å². The first-order valence-corrected chi connectivity index (χ1v) is 6.14. The maximum Gasteiger partial charge on any atom is 0.141 e. The highest BCUT2D eigenvalue weighted by Crippen LogP contribution is 2.24. The predicted octanol–water partition coefficient (Wildman–Crippen LogP) is 2.37. The molecule has 0 aliphatic carbocycles. The fourth-order valence-electron chi connectivity index (χ4n) is 1.44. The summed E-state index contributed by atoms with van der Waals surface area (Å²) in [5, 5.41) is 9.33. The van der Waals surface area contributed by atoms with Crippen LogP contribution in [-0.4, -0.2) is 15.1 Å². The zero-order valence-electron chi connectivity index (χ0n) is 9.42. The summed E-state index contributed by atoms with van der Waals surface area (Å²) < 4.78 is 0. The monoisotopic (exact) mass is 247 g/mol. The number of nitrogens with two attached hydrogens (primary N) is 1. The first kappa shape index (κ1) is 11.7. The highest BCUT2D eigenvalue weighted by molar-refractivity contribution is 7.98. The third-order valence-electron chi connectivity index (χ3n) is 2.11. The number of phenolic OH excluding ortho intramolecular Hbond substituents is 1. The number of rotatable bonds is 3. The summed E-state index contributed by atoms with van der Waals surface area (Å²) >= 11 is 1.56. The molecule has 0 fully saturated rings. The number of nitrogen functional groups attached to an aromatic ring is 1. The van der Waals surface area contributed by atoms with E-state index in [4.69, 9.17) is 5.73 Å². The summed E-state index contributed by atoms with van der Waals surface area (Å²) in [5.41, 5.74) is 6.52. The summed E-state index contributed by atoms with van der Waals surface area (Å²) in [5.74, 6) is 2.09. The molecule has 2 rings (SSSR count). The van der Waals surface area contributed by atoms with E-state index in [-0.39, 0.29) is 5.75 Å². The van der Waals surface area contributed by atoms with Gasteiger partial charge in [-0.25, -0.2) is 9.97 Å². The van der Waals surface area contributed by atoms with Crippen LogP contribution in [0.5, 0.6) is 5.75 Å². The van der Waals surface area contributed by atoms with Crippen molar-refractivity contribution < 1.29 is 5.11 Å². The van der Waals surface area contributed by atoms with Crippen molar-refractivity contribution in [2.75, 3.05) is 5.73 Å². The molecule has 1 heterocycles. The lowest BCUT2D eigenvalue weighted by atomic mass is 10.3. The van der Waals surface area contributed by atoms with Crippen LogP contribution in [-0.2, 0) is 5.75 Å². The minimum atomic E-state index is 0.264. The molecule has 4 nitrogen and oxygen atoms in total. The molecule has 88 valence electrons. The second-order valence-corrected chi connectivity index (χ2v) is 4.69. The Kier molecular flexibility index (Phi) is 3.49. The topological polar surface area (TPSA) is 72.0 Å². The number of hydrogen-bond acceptors (Lipinski definition) is 5. The lowest BCUT2D eigenvalue weighted by Crippen LogP contribution is -1.99. The average molecular weight is 247 g/mol. The Hall–Kier alpha value is -1.75. The maximum atomic E-state index is 9.33. The van der Waals surface area contributed by atoms with Gasteiger partial charge in [-0.2, -0.15) is 0 Å². The minimum absolute atomic E-state index is 0.264. The van der Waals surface area contributed by atoms with E-state index in [9.17, 15) is 5.11 Å². The molecular formula is C12H13N3OS. The normalized spacial score (nSPS) is 10.4. The van der Waals surface area contributed by atoms with Crippen molar-refractivity contribution in [2.45, 2.75) is 17.6 Å². The molecule has 3 N–H and O–H groups in total. The maximum absolute atomic E-state index is 9.33. The molecule has 1 aromatic heterocycles. The number of aromatic hydroxyl groups is 1. The Morgan fingerprint density at radius 2 is 2.12 bits per heavy atom. The van der Waals surface area contributed by atoms with E-state index < -0.39 is 0 Å². The molecule has 0 aliphatic rings. The lowest BCUT2D eigenvalue weighted by Gasteiger charge is -2.03. The summed E-state index contributed by atoms with van der Waals surface area (Å²) in [6.45, 7) is 1.89. The number of hydrogen-bond donors (Lipinski definition) is 2. The van der Waals surface area contributed by atoms with Gasteiger partial charge in [-0.05, 0) is 25.1 Å². The van der Waals surface area contributed by atoms with E-state index in [0.717, 1.165) is 10.6 Å². The first-order chi connectivity index (χ1) is 8.13. The van der Waals surface area contributed by atoms with Crippen LogP contribution < -0.4 is 5.73 Å². The zero-order chi connectivity index (χ0) is 12.3. The van der Waals surface area contributed by atoms with Crippen LogP contribution in [0.3, 0.4) is 0 Å². The van der Waals surface area contributed by atoms with Gasteiger partial charge in [-0.15, -0.1) is 11.8 Å². The highest BCUT2D eigenvalue weighted by atomic mass is 32.2. The van der Waals surface area contributed by atoms with Gasteiger partial charge in [0.2, 0.25) is 0 Å². The molecule has 0 saturated carbocycles. The Balaban J connectivity index is 2.07. The Bertz CT molecular complexity index is 511. The standard InChI is InChI=1S/C12H13N3OS/c1-8-5-11(13)15-12(14-8)7-17-10-4-2-3-9(16)6-10/h2-6,16H,7H2,1H3,(H2,13,14,15). The van der Waals surface area contributed by atoms with Crippen LogP contribution in [0.2, 0.25) is 0 Å². The minimum Gasteiger partial charge on any atom is -0.508 e. The van der Waals surface area contributed by atoms with Crippen LogP contribution in [0.15, 0.2) is 35.2 Å². The smallest absolute Gasteiger partial charge is 0.141 e. The molecule has 0 saturated heterocycles. The second kappa shape index (κ2) is 5.05. The lowest BCUT2D eigenvalue weighted by molar-refractivity contribution is 0.474. The molecule has 17 heavy (non-hydrogen) atoms. The van der Waals surface area contributed by atoms with Gasteiger partial charge in [-0.1, -0.05) is 6.07 Å². The Morgan fingerprint density at radius 1 is 1.29 bits per heavy atom. The molecule has 0 amide bonds. The number of aryl methyl sites for hydroxylation is 1. The number of benzene rings is 1. The zero-order valence-corrected chi connectivity index (χ0v) is 10.2. The van der Waals surface area contributed by atoms with Gasteiger partial charge in [0.1, 0.15) is 17.4 Å². The fraction of sp³-hybridized carbons (Fsp3) is 0.167. The molecule has 0 spiro atoms. The van der Waals surface area contributed by atoms with Gasteiger partial charge >= 0.3 is 0 Å². The third kappa shape index (κ3) is 3.35. The third-order valence-corrected chi connectivity index (χ3v) is 3.10. The van der Waals surface area contributed by atoms with Crippen molar-refractivity contribution in [3.05, 3.63) is 41.9 Å². The van der Waals surface area contributed by atoms with Crippen molar-refractivity contribution >= 4 is 17.6 Å². The van der Waals surface area contributed by atoms with Crippen LogP contribution in [0.4, 0.5) is 5.82 Å². The molecule has 2 aromatic rings. The van der Waals surface area contributed by atoms with E-state index >= 15 is 0 Å². The molecule has 0 aliphatic heterocycles. The first-order valence-electron chi connectivity index (χ1n) is 5.15. The largest absolute Gasteiger partial charge is 0.508 e. The van der Waals surface area contributed by atoms with Gasteiger partial charge in [0.15, 0.2) is 0 Å². The number of anilines is 1. The summed E-state index contributed by atoms with van der Waals surface area (Å²) in [4.78, 5) is 9.43. The van der Waals surface area contributed by atoms with Gasteiger partial charge in [0, 0.05) is 16.7 Å². The van der Waals surface area contributed by atoms with Crippen molar-refractivity contribution in [2.24, 2.45) is 0 Å². The van der Waals surface area contributed by atoms with E-state index in [1.165, 1.54) is 0 Å². The second-order valence-electron chi connectivity index (χ2n) is 3.64. The predicted molar refractivity (Wildman–Crippen MR) is 68.8 cm³/mol. The van der Waals surface area contributed by atoms with Crippen molar-refractivity contribution in [1.82, 2.24) is 9.97 Å². The number of thioether (sulfide) groups is 1. The van der Waals surface area contributed by atoms with Crippen molar-refractivity contribution in [3.8, 4) is 5.75 Å². The summed E-state index contributed by atoms with van der Waals surface area (Å²) in [7, 11) is 0. The summed E-state index contributed by atoms with van der Waals surface area (Å²) in [6, 6.07) is 8.84. The molecule has 0 radical (unpaired) electrons. The van der Waals surface area contributed by atoms with Crippen LogP contribution >= 0.6 is 11.8 Å².